The Morgan fingerprint density at radius 2 is 1.67 bits per heavy atom. The molecule has 0 aliphatic heterocycles. The number of carbonyl (C=O) groups excluding carboxylic acids is 1. The first-order valence-corrected chi connectivity index (χ1v) is 8.52. The molecule has 24 heavy (non-hydrogen) atoms. The van der Waals surface area contributed by atoms with Crippen molar-refractivity contribution in [3.05, 3.63) is 58.6 Å². The lowest BCUT2D eigenvalue weighted by atomic mass is 10.3. The number of hydrogen-bond donors (Lipinski definition) is 1. The number of anilines is 1. The van der Waals surface area contributed by atoms with E-state index in [0.717, 1.165) is 4.90 Å². The Hall–Kier alpha value is -2.13. The first-order chi connectivity index (χ1) is 11.4. The molecule has 1 N–H and O–H groups in total. The fourth-order valence-corrected chi connectivity index (χ4v) is 2.93. The summed E-state index contributed by atoms with van der Waals surface area (Å²) in [6.45, 7) is 0. The van der Waals surface area contributed by atoms with Crippen molar-refractivity contribution in [2.24, 2.45) is 0 Å². The molecule has 0 radical (unpaired) electrons. The summed E-state index contributed by atoms with van der Waals surface area (Å²) < 4.78 is 24.4. The summed E-state index contributed by atoms with van der Waals surface area (Å²) in [7, 11) is 0. The van der Waals surface area contributed by atoms with Gasteiger partial charge in [0.2, 0.25) is 5.91 Å². The number of nitrogens with one attached hydrogen (secondary N) is 1. The van der Waals surface area contributed by atoms with Crippen LogP contribution in [0.15, 0.2) is 58.3 Å². The summed E-state index contributed by atoms with van der Waals surface area (Å²) in [6.07, 6.45) is 0. The molecule has 2 aromatic rings. The smallest absolute Gasteiger partial charge is 0.288 e. The largest absolute Gasteiger partial charge is 0.325 e. The molecule has 2 aromatic carbocycles. The van der Waals surface area contributed by atoms with Crippen molar-refractivity contribution in [1.82, 2.24) is 0 Å². The lowest BCUT2D eigenvalue weighted by Crippen LogP contribution is -2.13. The molecule has 0 bridgehead atoms. The number of nitro groups is 1. The Morgan fingerprint density at radius 1 is 1.08 bits per heavy atom. The van der Waals surface area contributed by atoms with Crippen LogP contribution in [-0.4, -0.2) is 22.3 Å². The number of rotatable bonds is 7. The third-order valence-corrected chi connectivity index (χ3v) is 4.52. The fraction of sp³-hybridized carbons (Fsp3) is 0.133. The van der Waals surface area contributed by atoms with Crippen molar-refractivity contribution in [3.8, 4) is 0 Å². The Balaban J connectivity index is 1.83. The zero-order valence-electron chi connectivity index (χ0n) is 12.1. The van der Waals surface area contributed by atoms with Crippen molar-refractivity contribution in [3.63, 3.8) is 0 Å². The van der Waals surface area contributed by atoms with Crippen LogP contribution in [0.3, 0.4) is 0 Å². The zero-order valence-corrected chi connectivity index (χ0v) is 13.8. The fourth-order valence-electron chi connectivity index (χ4n) is 1.73. The molecular formula is C15H12F2N2O3S2. The number of nitrogens with zero attached hydrogens (tertiary/aromatic N) is 1. The second-order valence-corrected chi connectivity index (χ2v) is 6.60. The summed E-state index contributed by atoms with van der Waals surface area (Å²) in [6, 6.07) is 12.0. The van der Waals surface area contributed by atoms with Crippen molar-refractivity contribution in [1.29, 1.82) is 0 Å². The van der Waals surface area contributed by atoms with E-state index in [9.17, 15) is 23.7 Å². The van der Waals surface area contributed by atoms with E-state index in [1.54, 1.807) is 24.3 Å². The predicted molar refractivity (Wildman–Crippen MR) is 90.8 cm³/mol. The van der Waals surface area contributed by atoms with E-state index in [0.29, 0.717) is 22.3 Å². The van der Waals surface area contributed by atoms with E-state index in [1.807, 2.05) is 0 Å². The number of carbonyl (C=O) groups is 1. The first kappa shape index (κ1) is 18.2. The molecule has 0 heterocycles. The van der Waals surface area contributed by atoms with E-state index < -0.39 is 10.7 Å². The minimum Gasteiger partial charge on any atom is -0.325 e. The van der Waals surface area contributed by atoms with E-state index in [1.165, 1.54) is 36.0 Å². The monoisotopic (exact) mass is 370 g/mol. The van der Waals surface area contributed by atoms with Crippen LogP contribution in [0.2, 0.25) is 0 Å². The van der Waals surface area contributed by atoms with Crippen LogP contribution in [-0.2, 0) is 4.79 Å². The van der Waals surface area contributed by atoms with Crippen molar-refractivity contribution in [2.75, 3.05) is 11.1 Å². The maximum absolute atomic E-state index is 12.2. The topological polar surface area (TPSA) is 72.2 Å². The van der Waals surface area contributed by atoms with Gasteiger partial charge in [-0.1, -0.05) is 11.8 Å². The van der Waals surface area contributed by atoms with Gasteiger partial charge in [0.05, 0.1) is 10.7 Å². The van der Waals surface area contributed by atoms with Gasteiger partial charge in [0.1, 0.15) is 0 Å². The molecular weight excluding hydrogens is 358 g/mol. The molecule has 0 saturated heterocycles. The normalized spacial score (nSPS) is 10.6. The Labute approximate surface area is 145 Å². The molecule has 0 saturated carbocycles. The molecule has 9 heteroatoms. The summed E-state index contributed by atoms with van der Waals surface area (Å²) >= 11 is 1.68. The summed E-state index contributed by atoms with van der Waals surface area (Å²) in [5.74, 6) is -2.61. The quantitative estimate of drug-likeness (QED) is 0.437. The molecule has 2 rings (SSSR count). The van der Waals surface area contributed by atoms with E-state index in [2.05, 4.69) is 5.32 Å². The molecule has 0 unspecified atom stereocenters. The van der Waals surface area contributed by atoms with Gasteiger partial charge < -0.3 is 5.32 Å². The number of alkyl halides is 2. The van der Waals surface area contributed by atoms with Crippen molar-refractivity contribution >= 4 is 40.8 Å². The summed E-state index contributed by atoms with van der Waals surface area (Å²) in [5, 5.41) is 13.2. The van der Waals surface area contributed by atoms with Crippen LogP contribution in [0, 0.1) is 10.1 Å². The number of halogens is 2. The van der Waals surface area contributed by atoms with E-state index >= 15 is 0 Å². The molecule has 0 spiro atoms. The van der Waals surface area contributed by atoms with Gasteiger partial charge in [-0.25, -0.2) is 0 Å². The molecule has 0 aliphatic rings. The second kappa shape index (κ2) is 8.65. The summed E-state index contributed by atoms with van der Waals surface area (Å²) in [5.41, 5.74) is 0.508. The minimum atomic E-state index is -2.48. The van der Waals surface area contributed by atoms with Crippen LogP contribution in [0.25, 0.3) is 0 Å². The Morgan fingerprint density at radius 3 is 2.21 bits per heavy atom. The number of hydrogen-bond acceptors (Lipinski definition) is 5. The Kier molecular flexibility index (Phi) is 6.56. The molecule has 0 atom stereocenters. The number of benzene rings is 2. The van der Waals surface area contributed by atoms with Gasteiger partial charge in [0.15, 0.2) is 0 Å². The predicted octanol–water partition coefficient (Wildman–Crippen LogP) is 4.64. The van der Waals surface area contributed by atoms with Crippen molar-refractivity contribution < 1.29 is 18.5 Å². The van der Waals surface area contributed by atoms with Gasteiger partial charge in [0.25, 0.3) is 11.4 Å². The molecule has 0 aromatic heterocycles. The van der Waals surface area contributed by atoms with Gasteiger partial charge in [-0.2, -0.15) is 8.78 Å². The van der Waals surface area contributed by atoms with Crippen LogP contribution in [0.4, 0.5) is 20.2 Å². The molecule has 0 fully saturated rings. The zero-order chi connectivity index (χ0) is 17.5. The SMILES string of the molecule is O=C(CSc1ccc([N+](=O)[O-])cc1)Nc1ccc(SC(F)F)cc1. The highest BCUT2D eigenvalue weighted by Gasteiger charge is 2.08. The summed E-state index contributed by atoms with van der Waals surface area (Å²) in [4.78, 5) is 23.1. The highest BCUT2D eigenvalue weighted by atomic mass is 32.2. The molecule has 5 nitrogen and oxygen atoms in total. The number of amides is 1. The van der Waals surface area contributed by atoms with Gasteiger partial charge in [0, 0.05) is 27.6 Å². The standard InChI is InChI=1S/C15H12F2N2O3S2/c16-15(17)24-13-5-1-10(2-6-13)18-14(20)9-23-12-7-3-11(4-8-12)19(21)22/h1-8,15H,9H2,(H,18,20). The average molecular weight is 370 g/mol. The van der Waals surface area contributed by atoms with E-state index in [4.69, 9.17) is 0 Å². The van der Waals surface area contributed by atoms with Crippen LogP contribution >= 0.6 is 23.5 Å². The average Bonchev–Trinajstić information content (AvgIpc) is 2.54. The highest BCUT2D eigenvalue weighted by molar-refractivity contribution is 8.00. The highest BCUT2D eigenvalue weighted by Crippen LogP contribution is 2.26. The maximum atomic E-state index is 12.2. The number of non-ortho nitro benzene ring substituents is 1. The second-order valence-electron chi connectivity index (χ2n) is 4.49. The first-order valence-electron chi connectivity index (χ1n) is 6.66. The van der Waals surface area contributed by atoms with Gasteiger partial charge >= 0.3 is 0 Å². The number of nitro benzene ring substituents is 1. The molecule has 126 valence electrons. The lowest BCUT2D eigenvalue weighted by Gasteiger charge is -2.06. The third kappa shape index (κ3) is 5.82. The van der Waals surface area contributed by atoms with E-state index in [-0.39, 0.29) is 17.3 Å². The van der Waals surface area contributed by atoms with Crippen LogP contribution in [0.5, 0.6) is 0 Å². The van der Waals surface area contributed by atoms with Crippen LogP contribution < -0.4 is 5.32 Å². The maximum Gasteiger partial charge on any atom is 0.288 e. The van der Waals surface area contributed by atoms with Gasteiger partial charge in [-0.05, 0) is 36.4 Å². The van der Waals surface area contributed by atoms with Crippen molar-refractivity contribution in [2.45, 2.75) is 15.5 Å². The molecule has 0 aliphatic carbocycles. The van der Waals surface area contributed by atoms with Gasteiger partial charge in [-0.15, -0.1) is 11.8 Å². The number of thioether (sulfide) groups is 2. The molecule has 1 amide bonds. The van der Waals surface area contributed by atoms with Crippen LogP contribution in [0.1, 0.15) is 0 Å². The third-order valence-electron chi connectivity index (χ3n) is 2.78. The van der Waals surface area contributed by atoms with Gasteiger partial charge in [-0.3, -0.25) is 14.9 Å². The lowest BCUT2D eigenvalue weighted by molar-refractivity contribution is -0.384. The minimum absolute atomic E-state index is 0.00874. The Bertz CT molecular complexity index is 710.